The number of carboxylic acid groups (broad SMARTS) is 1. The van der Waals surface area contributed by atoms with Gasteiger partial charge < -0.3 is 9.84 Å². The smallest absolute Gasteiger partial charge is 0.336 e. The maximum Gasteiger partial charge on any atom is 0.336 e. The monoisotopic (exact) mass is 285 g/mol. The van der Waals surface area contributed by atoms with Gasteiger partial charge in [-0.2, -0.15) is 0 Å². The van der Waals surface area contributed by atoms with Crippen LogP contribution in [0.5, 0.6) is 5.75 Å². The van der Waals surface area contributed by atoms with Gasteiger partial charge in [0.15, 0.2) is 0 Å². The Morgan fingerprint density at radius 2 is 2.24 bits per heavy atom. The number of pyridine rings is 1. The number of aromatic carboxylic acids is 1. The minimum absolute atomic E-state index is 0.261. The minimum atomic E-state index is -0.964. The number of fused-ring (bicyclic) bond motifs is 1. The molecule has 0 unspecified atom stereocenters. The lowest BCUT2D eigenvalue weighted by molar-refractivity contribution is 0.0695. The van der Waals surface area contributed by atoms with Gasteiger partial charge in [-0.05, 0) is 35.4 Å². The van der Waals surface area contributed by atoms with Gasteiger partial charge in [-0.3, -0.25) is 4.98 Å². The number of nitrogens with zero attached hydrogens (tertiary/aromatic N) is 1. The fraction of sp³-hybridized carbons (Fsp3) is 0.125. The van der Waals surface area contributed by atoms with Crippen molar-refractivity contribution in [1.82, 2.24) is 4.98 Å². The Labute approximate surface area is 120 Å². The summed E-state index contributed by atoms with van der Waals surface area (Å²) >= 11 is 0. The molecule has 1 aliphatic carbocycles. The fourth-order valence-electron chi connectivity index (χ4n) is 2.32. The fourth-order valence-corrected chi connectivity index (χ4v) is 2.32. The van der Waals surface area contributed by atoms with Gasteiger partial charge in [-0.1, -0.05) is 6.07 Å². The first-order chi connectivity index (χ1) is 10.1. The largest absolute Gasteiger partial charge is 0.489 e. The molecule has 0 amide bonds. The zero-order chi connectivity index (χ0) is 14.8. The minimum Gasteiger partial charge on any atom is -0.489 e. The van der Waals surface area contributed by atoms with Crippen molar-refractivity contribution in [3.05, 3.63) is 64.7 Å². The van der Waals surface area contributed by atoms with Crippen LogP contribution in [0, 0.1) is 5.82 Å². The summed E-state index contributed by atoms with van der Waals surface area (Å²) in [5.41, 5.74) is 2.53. The van der Waals surface area contributed by atoms with Crippen molar-refractivity contribution in [1.29, 1.82) is 0 Å². The molecule has 0 atom stereocenters. The number of rotatable bonds is 4. The van der Waals surface area contributed by atoms with Gasteiger partial charge in [0.1, 0.15) is 18.2 Å². The zero-order valence-electron chi connectivity index (χ0n) is 11.0. The van der Waals surface area contributed by atoms with Crippen LogP contribution < -0.4 is 4.74 Å². The molecule has 1 aromatic heterocycles. The maximum absolute atomic E-state index is 13.1. The number of benzene rings is 1. The Kier molecular flexibility index (Phi) is 3.39. The first-order valence-corrected chi connectivity index (χ1v) is 6.42. The van der Waals surface area contributed by atoms with Crippen molar-refractivity contribution in [3.63, 3.8) is 0 Å². The van der Waals surface area contributed by atoms with Crippen LogP contribution in [0.4, 0.5) is 4.39 Å². The molecule has 0 radical (unpaired) electrons. The number of hydrogen-bond donors (Lipinski definition) is 1. The summed E-state index contributed by atoms with van der Waals surface area (Å²) in [5.74, 6) is -0.876. The summed E-state index contributed by atoms with van der Waals surface area (Å²) in [6.45, 7) is 0.277. The Morgan fingerprint density at radius 1 is 1.38 bits per heavy atom. The Balaban J connectivity index is 1.73. The topological polar surface area (TPSA) is 59.4 Å². The highest BCUT2D eigenvalue weighted by atomic mass is 19.1. The molecule has 2 aromatic rings. The lowest BCUT2D eigenvalue weighted by Gasteiger charge is -2.07. The van der Waals surface area contributed by atoms with E-state index < -0.39 is 5.97 Å². The first-order valence-electron chi connectivity index (χ1n) is 6.42. The third kappa shape index (κ3) is 2.76. The maximum atomic E-state index is 13.1. The molecule has 1 aromatic carbocycles. The molecule has 0 fully saturated rings. The van der Waals surface area contributed by atoms with E-state index >= 15 is 0 Å². The second-order valence-electron chi connectivity index (χ2n) is 4.75. The summed E-state index contributed by atoms with van der Waals surface area (Å²) in [5, 5.41) is 9.15. The predicted molar refractivity (Wildman–Crippen MR) is 74.8 cm³/mol. The SMILES string of the molecule is O=C(O)c1ccnc2c1CC(COc1cccc(F)c1)=C2. The van der Waals surface area contributed by atoms with Crippen LogP contribution in [0.3, 0.4) is 0 Å². The van der Waals surface area contributed by atoms with E-state index in [1.165, 1.54) is 24.4 Å². The van der Waals surface area contributed by atoms with Crippen molar-refractivity contribution in [2.45, 2.75) is 6.42 Å². The van der Waals surface area contributed by atoms with Crippen LogP contribution in [0.25, 0.3) is 6.08 Å². The van der Waals surface area contributed by atoms with Crippen LogP contribution in [-0.2, 0) is 6.42 Å². The molecule has 0 spiro atoms. The number of ether oxygens (including phenoxy) is 1. The molecule has 1 N–H and O–H groups in total. The molecule has 3 rings (SSSR count). The molecule has 0 saturated carbocycles. The number of halogens is 1. The summed E-state index contributed by atoms with van der Waals surface area (Å²) in [7, 11) is 0. The summed E-state index contributed by atoms with van der Waals surface area (Å²) < 4.78 is 18.6. The van der Waals surface area contributed by atoms with Crippen LogP contribution >= 0.6 is 0 Å². The Hall–Kier alpha value is -2.69. The van der Waals surface area contributed by atoms with Gasteiger partial charge in [0.2, 0.25) is 0 Å². The van der Waals surface area contributed by atoms with Crippen molar-refractivity contribution >= 4 is 12.0 Å². The van der Waals surface area contributed by atoms with E-state index in [1.54, 1.807) is 12.1 Å². The molecule has 1 aliphatic rings. The van der Waals surface area contributed by atoms with Crippen LogP contribution in [0.2, 0.25) is 0 Å². The molecular weight excluding hydrogens is 273 g/mol. The molecule has 0 saturated heterocycles. The lowest BCUT2D eigenvalue weighted by atomic mass is 10.1. The molecule has 0 aliphatic heterocycles. The second kappa shape index (κ2) is 5.36. The Bertz CT molecular complexity index is 740. The van der Waals surface area contributed by atoms with E-state index in [9.17, 15) is 9.18 Å². The van der Waals surface area contributed by atoms with E-state index in [1.807, 2.05) is 6.08 Å². The van der Waals surface area contributed by atoms with Gasteiger partial charge in [-0.25, -0.2) is 9.18 Å². The van der Waals surface area contributed by atoms with Crippen LogP contribution in [0.1, 0.15) is 21.6 Å². The van der Waals surface area contributed by atoms with Crippen molar-refractivity contribution in [3.8, 4) is 5.75 Å². The summed E-state index contributed by atoms with van der Waals surface area (Å²) in [6.07, 6.45) is 3.79. The lowest BCUT2D eigenvalue weighted by Crippen LogP contribution is -2.05. The second-order valence-corrected chi connectivity index (χ2v) is 4.75. The number of aromatic nitrogens is 1. The molecule has 0 bridgehead atoms. The number of carbonyl (C=O) groups is 1. The highest BCUT2D eigenvalue weighted by molar-refractivity contribution is 5.91. The van der Waals surface area contributed by atoms with Gasteiger partial charge in [-0.15, -0.1) is 0 Å². The molecule has 4 nitrogen and oxygen atoms in total. The summed E-state index contributed by atoms with van der Waals surface area (Å²) in [4.78, 5) is 15.3. The summed E-state index contributed by atoms with van der Waals surface area (Å²) in [6, 6.07) is 7.40. The van der Waals surface area contributed by atoms with Crippen LogP contribution in [-0.4, -0.2) is 22.7 Å². The van der Waals surface area contributed by atoms with Gasteiger partial charge in [0.05, 0.1) is 11.3 Å². The van der Waals surface area contributed by atoms with Gasteiger partial charge in [0, 0.05) is 18.7 Å². The van der Waals surface area contributed by atoms with Crippen LogP contribution in [0.15, 0.2) is 42.1 Å². The molecule has 106 valence electrons. The Morgan fingerprint density at radius 3 is 3.00 bits per heavy atom. The van der Waals surface area contributed by atoms with E-state index in [-0.39, 0.29) is 18.0 Å². The predicted octanol–water partition coefficient (Wildman–Crippen LogP) is 2.94. The van der Waals surface area contributed by atoms with Gasteiger partial charge in [0.25, 0.3) is 0 Å². The molecule has 5 heteroatoms. The van der Waals surface area contributed by atoms with Crippen molar-refractivity contribution in [2.24, 2.45) is 0 Å². The third-order valence-electron chi connectivity index (χ3n) is 3.28. The highest BCUT2D eigenvalue weighted by Crippen LogP contribution is 2.27. The number of carboxylic acids is 1. The van der Waals surface area contributed by atoms with Gasteiger partial charge >= 0.3 is 5.97 Å². The van der Waals surface area contributed by atoms with Crippen molar-refractivity contribution in [2.75, 3.05) is 6.61 Å². The first kappa shape index (κ1) is 13.3. The van der Waals surface area contributed by atoms with E-state index in [0.717, 1.165) is 5.57 Å². The normalized spacial score (nSPS) is 12.7. The third-order valence-corrected chi connectivity index (χ3v) is 3.28. The molecular formula is C16H12FNO3. The van der Waals surface area contributed by atoms with E-state index in [2.05, 4.69) is 4.98 Å². The van der Waals surface area contributed by atoms with Crippen molar-refractivity contribution < 1.29 is 19.0 Å². The zero-order valence-corrected chi connectivity index (χ0v) is 11.0. The highest BCUT2D eigenvalue weighted by Gasteiger charge is 2.20. The standard InChI is InChI=1S/C16H12FNO3/c17-11-2-1-3-12(8-11)21-9-10-6-14-13(16(19)20)4-5-18-15(14)7-10/h1-5,7-8H,6,9H2,(H,19,20). The average molecular weight is 285 g/mol. The quantitative estimate of drug-likeness (QED) is 0.938. The van der Waals surface area contributed by atoms with E-state index in [4.69, 9.17) is 9.84 Å². The average Bonchev–Trinajstić information content (AvgIpc) is 2.87. The van der Waals surface area contributed by atoms with E-state index in [0.29, 0.717) is 23.4 Å². The molecule has 21 heavy (non-hydrogen) atoms. The number of hydrogen-bond acceptors (Lipinski definition) is 3. The molecule has 1 heterocycles.